The molecule has 2 amide bonds. The first-order chi connectivity index (χ1) is 20.9. The molecule has 2 heterocycles. The van der Waals surface area contributed by atoms with Gasteiger partial charge in [0.25, 0.3) is 0 Å². The number of amides is 2. The SMILES string of the molecule is COc1cc2ncnc(Oc3cccc(NC(=O)Nc4cn(-c5cccc(C(F)(F)F)c5)nc4C(C)(C)C)c3)c2cc1OC. The number of fused-ring (bicyclic) bond motifs is 1. The number of benzene rings is 3. The third-order valence-corrected chi connectivity index (χ3v) is 6.52. The summed E-state index contributed by atoms with van der Waals surface area (Å²) in [4.78, 5) is 21.6. The Kier molecular flexibility index (Phi) is 8.05. The van der Waals surface area contributed by atoms with Crippen LogP contribution in [0.3, 0.4) is 0 Å². The molecule has 44 heavy (non-hydrogen) atoms. The van der Waals surface area contributed by atoms with E-state index in [1.54, 1.807) is 36.4 Å². The quantitative estimate of drug-likeness (QED) is 0.196. The molecule has 10 nitrogen and oxygen atoms in total. The normalized spacial score (nSPS) is 11.7. The minimum Gasteiger partial charge on any atom is -0.493 e. The molecule has 0 radical (unpaired) electrons. The van der Waals surface area contributed by atoms with Crippen molar-refractivity contribution >= 4 is 28.3 Å². The topological polar surface area (TPSA) is 112 Å². The van der Waals surface area contributed by atoms with E-state index in [4.69, 9.17) is 14.2 Å². The van der Waals surface area contributed by atoms with Gasteiger partial charge in [0.1, 0.15) is 12.1 Å². The maximum atomic E-state index is 13.3. The predicted molar refractivity (Wildman–Crippen MR) is 159 cm³/mol. The maximum Gasteiger partial charge on any atom is 0.416 e. The monoisotopic (exact) mass is 606 g/mol. The van der Waals surface area contributed by atoms with Crippen LogP contribution in [-0.2, 0) is 11.6 Å². The lowest BCUT2D eigenvalue weighted by molar-refractivity contribution is -0.137. The molecular formula is C31H29F3N6O4. The molecule has 5 aromatic rings. The molecule has 0 fully saturated rings. The minimum atomic E-state index is -4.50. The smallest absolute Gasteiger partial charge is 0.416 e. The molecule has 0 aliphatic rings. The summed E-state index contributed by atoms with van der Waals surface area (Å²) in [5.74, 6) is 1.66. The van der Waals surface area contributed by atoms with Gasteiger partial charge in [-0.2, -0.15) is 18.3 Å². The van der Waals surface area contributed by atoms with Crippen molar-refractivity contribution < 1.29 is 32.2 Å². The Morgan fingerprint density at radius 2 is 1.61 bits per heavy atom. The molecule has 13 heteroatoms. The first-order valence-corrected chi connectivity index (χ1v) is 13.4. The van der Waals surface area contributed by atoms with Crippen molar-refractivity contribution in [3.63, 3.8) is 0 Å². The van der Waals surface area contributed by atoms with E-state index in [0.29, 0.717) is 45.2 Å². The van der Waals surface area contributed by atoms with Crippen LogP contribution < -0.4 is 24.8 Å². The zero-order valence-electron chi connectivity index (χ0n) is 24.5. The number of nitrogens with one attached hydrogen (secondary N) is 2. The molecule has 0 saturated carbocycles. The molecule has 5 rings (SSSR count). The Hall–Kier alpha value is -5.33. The number of carbonyl (C=O) groups excluding carboxylic acids is 1. The van der Waals surface area contributed by atoms with Gasteiger partial charge in [0.2, 0.25) is 5.88 Å². The number of methoxy groups -OCH3 is 2. The average molecular weight is 607 g/mol. The number of halogens is 3. The number of alkyl halides is 3. The van der Waals surface area contributed by atoms with Crippen LogP contribution in [0.4, 0.5) is 29.3 Å². The largest absolute Gasteiger partial charge is 0.493 e. The lowest BCUT2D eigenvalue weighted by atomic mass is 9.91. The second-order valence-corrected chi connectivity index (χ2v) is 10.7. The third kappa shape index (κ3) is 6.51. The summed E-state index contributed by atoms with van der Waals surface area (Å²) in [6, 6.07) is 14.4. The molecule has 0 saturated heterocycles. The van der Waals surface area contributed by atoms with Gasteiger partial charge >= 0.3 is 12.2 Å². The summed E-state index contributed by atoms with van der Waals surface area (Å²) in [6.45, 7) is 5.66. The fourth-order valence-corrected chi connectivity index (χ4v) is 4.45. The lowest BCUT2D eigenvalue weighted by Crippen LogP contribution is -2.22. The van der Waals surface area contributed by atoms with Crippen LogP contribution in [0.5, 0.6) is 23.1 Å². The van der Waals surface area contributed by atoms with E-state index in [1.807, 2.05) is 20.8 Å². The van der Waals surface area contributed by atoms with Gasteiger partial charge in [-0.3, -0.25) is 0 Å². The van der Waals surface area contributed by atoms with Gasteiger partial charge in [-0.15, -0.1) is 0 Å². The number of ether oxygens (including phenoxy) is 3. The summed E-state index contributed by atoms with van der Waals surface area (Å²) < 4.78 is 58.0. The molecule has 228 valence electrons. The summed E-state index contributed by atoms with van der Waals surface area (Å²) >= 11 is 0. The second-order valence-electron chi connectivity index (χ2n) is 10.7. The third-order valence-electron chi connectivity index (χ3n) is 6.52. The fourth-order valence-electron chi connectivity index (χ4n) is 4.45. The van der Waals surface area contributed by atoms with Gasteiger partial charge in [-0.25, -0.2) is 19.4 Å². The number of hydrogen-bond donors (Lipinski definition) is 2. The van der Waals surface area contributed by atoms with Crippen molar-refractivity contribution in [1.82, 2.24) is 19.7 Å². The lowest BCUT2D eigenvalue weighted by Gasteiger charge is -2.18. The highest BCUT2D eigenvalue weighted by atomic mass is 19.4. The number of nitrogens with zero attached hydrogens (tertiary/aromatic N) is 4. The van der Waals surface area contributed by atoms with E-state index in [9.17, 15) is 18.0 Å². The zero-order chi connectivity index (χ0) is 31.6. The first kappa shape index (κ1) is 30.1. The Morgan fingerprint density at radius 1 is 0.886 bits per heavy atom. The summed E-state index contributed by atoms with van der Waals surface area (Å²) in [7, 11) is 3.05. The van der Waals surface area contributed by atoms with Crippen molar-refractivity contribution in [3.05, 3.63) is 84.4 Å². The fraction of sp³-hybridized carbons (Fsp3) is 0.226. The molecule has 0 aliphatic heterocycles. The van der Waals surface area contributed by atoms with E-state index in [1.165, 1.54) is 43.6 Å². The van der Waals surface area contributed by atoms with Crippen LogP contribution >= 0.6 is 0 Å². The maximum absolute atomic E-state index is 13.3. The molecule has 0 spiro atoms. The van der Waals surface area contributed by atoms with Crippen LogP contribution in [0.2, 0.25) is 0 Å². The van der Waals surface area contributed by atoms with Gasteiger partial charge in [0.15, 0.2) is 11.5 Å². The Balaban J connectivity index is 1.36. The standard InChI is InChI=1S/C31H29F3N6O4/c1-30(2,3)27-24(16-40(39-27)20-10-6-8-18(12-20)31(32,33)34)38-29(41)37-19-9-7-11-21(13-19)44-28-22-14-25(42-4)26(43-5)15-23(22)35-17-36-28/h6-17H,1-5H3,(H2,37,38,41). The summed E-state index contributed by atoms with van der Waals surface area (Å²) in [5.41, 5.74) is 0.710. The van der Waals surface area contributed by atoms with Crippen molar-refractivity contribution in [2.75, 3.05) is 24.9 Å². The first-order valence-electron chi connectivity index (χ1n) is 13.4. The van der Waals surface area contributed by atoms with Gasteiger partial charge < -0.3 is 24.8 Å². The molecule has 2 N–H and O–H groups in total. The minimum absolute atomic E-state index is 0.206. The number of rotatable bonds is 7. The zero-order valence-corrected chi connectivity index (χ0v) is 24.5. The molecule has 0 aliphatic carbocycles. The molecule has 0 atom stereocenters. The van der Waals surface area contributed by atoms with E-state index < -0.39 is 23.2 Å². The van der Waals surface area contributed by atoms with Crippen molar-refractivity contribution in [2.45, 2.75) is 32.4 Å². The number of anilines is 2. The van der Waals surface area contributed by atoms with Crippen LogP contribution in [0.25, 0.3) is 16.6 Å². The molecule has 0 unspecified atom stereocenters. The van der Waals surface area contributed by atoms with Gasteiger partial charge in [-0.05, 0) is 36.4 Å². The summed E-state index contributed by atoms with van der Waals surface area (Å²) in [6.07, 6.45) is -1.65. The second kappa shape index (κ2) is 11.7. The highest BCUT2D eigenvalue weighted by Crippen LogP contribution is 2.36. The van der Waals surface area contributed by atoms with Crippen molar-refractivity contribution in [1.29, 1.82) is 0 Å². The number of aromatic nitrogens is 4. The average Bonchev–Trinajstić information content (AvgIpc) is 3.41. The van der Waals surface area contributed by atoms with Crippen molar-refractivity contribution in [2.24, 2.45) is 0 Å². The van der Waals surface area contributed by atoms with E-state index in [-0.39, 0.29) is 11.6 Å². The van der Waals surface area contributed by atoms with Crippen LogP contribution in [-0.4, -0.2) is 40.0 Å². The Morgan fingerprint density at radius 3 is 2.32 bits per heavy atom. The van der Waals surface area contributed by atoms with Gasteiger partial charge in [-0.1, -0.05) is 32.9 Å². The Labute approximate surface area is 250 Å². The highest BCUT2D eigenvalue weighted by Gasteiger charge is 2.31. The van der Waals surface area contributed by atoms with Crippen molar-refractivity contribution in [3.8, 4) is 28.8 Å². The molecule has 0 bridgehead atoms. The number of urea groups is 1. The highest BCUT2D eigenvalue weighted by molar-refractivity contribution is 6.00. The Bertz CT molecular complexity index is 1830. The summed E-state index contributed by atoms with van der Waals surface area (Å²) in [5, 5.41) is 10.6. The molecule has 3 aromatic carbocycles. The van der Waals surface area contributed by atoms with E-state index in [2.05, 4.69) is 25.7 Å². The predicted octanol–water partition coefficient (Wildman–Crippen LogP) is 7.59. The number of hydrogen-bond acceptors (Lipinski definition) is 7. The molecule has 2 aromatic heterocycles. The number of carbonyl (C=O) groups is 1. The van der Waals surface area contributed by atoms with Crippen LogP contribution in [0, 0.1) is 0 Å². The van der Waals surface area contributed by atoms with Gasteiger partial charge in [0, 0.05) is 23.2 Å². The van der Waals surface area contributed by atoms with E-state index in [0.717, 1.165) is 12.1 Å². The van der Waals surface area contributed by atoms with Gasteiger partial charge in [0.05, 0.1) is 54.0 Å². The van der Waals surface area contributed by atoms with E-state index >= 15 is 0 Å². The molecular weight excluding hydrogens is 577 g/mol. The van der Waals surface area contributed by atoms with Crippen LogP contribution in [0.15, 0.2) is 73.2 Å². The van der Waals surface area contributed by atoms with Crippen LogP contribution in [0.1, 0.15) is 32.0 Å².